The van der Waals surface area contributed by atoms with Crippen molar-refractivity contribution < 1.29 is 23.5 Å². The van der Waals surface area contributed by atoms with Gasteiger partial charge in [-0.15, -0.1) is 12.4 Å². The van der Waals surface area contributed by atoms with Crippen molar-refractivity contribution in [1.29, 1.82) is 10.5 Å². The zero-order chi connectivity index (χ0) is 44.4. The number of aromatic nitrogens is 4. The van der Waals surface area contributed by atoms with Gasteiger partial charge in [0.1, 0.15) is 0 Å². The Labute approximate surface area is 366 Å². The van der Waals surface area contributed by atoms with Gasteiger partial charge >= 0.3 is 5.97 Å². The van der Waals surface area contributed by atoms with Crippen LogP contribution in [0.3, 0.4) is 0 Å². The van der Waals surface area contributed by atoms with Gasteiger partial charge in [0, 0.05) is 41.2 Å². The van der Waals surface area contributed by atoms with Gasteiger partial charge in [-0.3, -0.25) is 15.0 Å². The molecule has 0 spiro atoms. The summed E-state index contributed by atoms with van der Waals surface area (Å²) in [4.78, 5) is 25.8. The third-order valence-corrected chi connectivity index (χ3v) is 11.7. The number of nitrogens with zero attached hydrogens (tertiary/aromatic N) is 5. The monoisotopic (exact) mass is 858 g/mol. The topological polar surface area (TPSA) is 175 Å². The number of halogens is 3. The maximum Gasteiger partial charge on any atom is 0.335 e. The second-order valence-electron chi connectivity index (χ2n) is 16.0. The van der Waals surface area contributed by atoms with Crippen molar-refractivity contribution >= 4 is 24.3 Å². The molecular formula is C48H49ClF2N8O3. The van der Waals surface area contributed by atoms with Crippen LogP contribution in [0.4, 0.5) is 8.78 Å². The molecule has 4 heterocycles. The molecule has 6 aromatic rings. The number of carbonyl (C=O) groups is 2. The first-order valence-corrected chi connectivity index (χ1v) is 19.8. The van der Waals surface area contributed by atoms with E-state index in [0.29, 0.717) is 46.5 Å². The number of hydrogen-bond acceptors (Lipinski definition) is 7. The molecule has 0 radical (unpaired) electrons. The van der Waals surface area contributed by atoms with E-state index >= 15 is 4.39 Å². The van der Waals surface area contributed by atoms with Crippen LogP contribution in [0.15, 0.2) is 72.8 Å². The summed E-state index contributed by atoms with van der Waals surface area (Å²) in [6, 6.07) is 24.6. The zero-order valence-corrected chi connectivity index (χ0v) is 36.7. The van der Waals surface area contributed by atoms with E-state index in [1.165, 1.54) is 4.90 Å². The Bertz CT molecular complexity index is 2720. The Hall–Kier alpha value is -6.67. The number of amides is 1. The van der Waals surface area contributed by atoms with Gasteiger partial charge in [-0.25, -0.2) is 13.6 Å². The zero-order valence-electron chi connectivity index (χ0n) is 35.9. The van der Waals surface area contributed by atoms with E-state index in [4.69, 9.17) is 10.5 Å². The van der Waals surface area contributed by atoms with Crippen molar-refractivity contribution in [3.8, 4) is 34.7 Å². The summed E-state index contributed by atoms with van der Waals surface area (Å²) in [6.45, 7) is 16.3. The van der Waals surface area contributed by atoms with Crippen LogP contribution in [0.25, 0.3) is 22.5 Å². The minimum absolute atomic E-state index is 0. The maximum absolute atomic E-state index is 15.3. The average molecular weight is 859 g/mol. The number of benzene rings is 4. The van der Waals surface area contributed by atoms with Crippen LogP contribution >= 0.6 is 12.4 Å². The standard InChI is InChI=1S/C24H23FN4O.C14H16N2O2.C10H9FN2.ClH/c1-14-9-15(2)21(10-20(14)22-16(3)17(4)27-28-22)23(30)29-12-24(25,13-29)19-7-5-18(11-26)6-8-19;1-7-5-8(2)12(14(17)18)6-11(7)13-9(3)10(4)15-16-13;11-10(6-13-7-10)9-3-1-8(5-12)2-4-9;/h5-10H,12-13H2,1-4H3,(H,27,28);5-6H,1-4H3,(H,15,16)(H,17,18);1-4,13H,6-7H2;1H. The molecule has 320 valence electrons. The minimum Gasteiger partial charge on any atom is -0.478 e. The second-order valence-corrected chi connectivity index (χ2v) is 16.0. The fourth-order valence-electron chi connectivity index (χ4n) is 7.46. The number of carboxylic acids is 1. The summed E-state index contributed by atoms with van der Waals surface area (Å²) < 4.78 is 29.0. The molecule has 0 unspecified atom stereocenters. The molecule has 14 heteroatoms. The third-order valence-electron chi connectivity index (χ3n) is 11.7. The number of aromatic amines is 2. The maximum atomic E-state index is 15.3. The Morgan fingerprint density at radius 1 is 0.645 bits per heavy atom. The van der Waals surface area contributed by atoms with Crippen molar-refractivity contribution in [2.24, 2.45) is 0 Å². The molecule has 4 N–H and O–H groups in total. The number of carboxylic acid groups (broad SMARTS) is 1. The normalized spacial score (nSPS) is 14.2. The number of carbonyl (C=O) groups excluding carboxylic acids is 1. The predicted octanol–water partition coefficient (Wildman–Crippen LogP) is 9.26. The lowest BCUT2D eigenvalue weighted by atomic mass is 9.86. The summed E-state index contributed by atoms with van der Waals surface area (Å²) in [6.07, 6.45) is 0. The summed E-state index contributed by atoms with van der Waals surface area (Å²) in [5.74, 6) is -1.08. The van der Waals surface area contributed by atoms with Crippen molar-refractivity contribution in [1.82, 2.24) is 30.6 Å². The Morgan fingerprint density at radius 3 is 1.40 bits per heavy atom. The molecule has 2 aliphatic heterocycles. The largest absolute Gasteiger partial charge is 0.478 e. The van der Waals surface area contributed by atoms with Crippen LogP contribution in [-0.4, -0.2) is 68.5 Å². The Kier molecular flexibility index (Phi) is 13.9. The van der Waals surface area contributed by atoms with E-state index in [-0.39, 0.29) is 31.4 Å². The molecule has 0 aliphatic carbocycles. The number of aromatic carboxylic acids is 1. The second kappa shape index (κ2) is 18.5. The van der Waals surface area contributed by atoms with Gasteiger partial charge < -0.3 is 15.3 Å². The lowest BCUT2D eigenvalue weighted by molar-refractivity contribution is -0.0231. The van der Waals surface area contributed by atoms with Gasteiger partial charge in [-0.2, -0.15) is 20.7 Å². The third kappa shape index (κ3) is 9.30. The van der Waals surface area contributed by atoms with Crippen LogP contribution < -0.4 is 5.32 Å². The highest BCUT2D eigenvalue weighted by molar-refractivity contribution is 5.98. The van der Waals surface area contributed by atoms with Gasteiger partial charge in [0.25, 0.3) is 5.91 Å². The summed E-state index contributed by atoms with van der Waals surface area (Å²) in [7, 11) is 0. The molecule has 2 aromatic heterocycles. The summed E-state index contributed by atoms with van der Waals surface area (Å²) >= 11 is 0. The average Bonchev–Trinajstić information content (AvgIpc) is 3.73. The number of rotatable bonds is 6. The lowest BCUT2D eigenvalue weighted by Crippen LogP contribution is -2.58. The molecule has 8 rings (SSSR count). The van der Waals surface area contributed by atoms with Crippen LogP contribution in [0.5, 0.6) is 0 Å². The highest BCUT2D eigenvalue weighted by atomic mass is 35.5. The molecule has 62 heavy (non-hydrogen) atoms. The minimum atomic E-state index is -1.58. The van der Waals surface area contributed by atoms with Crippen molar-refractivity contribution in [3.63, 3.8) is 0 Å². The van der Waals surface area contributed by atoms with Crippen LogP contribution in [0.2, 0.25) is 0 Å². The molecule has 11 nitrogen and oxygen atoms in total. The van der Waals surface area contributed by atoms with E-state index < -0.39 is 17.3 Å². The van der Waals surface area contributed by atoms with Crippen LogP contribution in [0, 0.1) is 78.1 Å². The van der Waals surface area contributed by atoms with Gasteiger partial charge in [0.2, 0.25) is 0 Å². The van der Waals surface area contributed by atoms with Crippen molar-refractivity contribution in [3.05, 3.63) is 151 Å². The predicted molar refractivity (Wildman–Crippen MR) is 237 cm³/mol. The SMILES string of the molecule is Cc1cc(C)c(-c2n[nH]c(C)c2C)cc1C(=O)N1CC(F)(c2ccc(C#N)cc2)C1.Cc1cc(C)c(-c2n[nH]c(C)c2C)cc1C(=O)O.Cl.N#Cc1ccc(C2(F)CNC2)cc1. The first kappa shape index (κ1) is 46.4. The molecule has 2 saturated heterocycles. The fraction of sp³-hybridized carbons (Fsp3) is 0.292. The van der Waals surface area contributed by atoms with Gasteiger partial charge in [-0.05, 0) is 136 Å². The smallest absolute Gasteiger partial charge is 0.335 e. The van der Waals surface area contributed by atoms with E-state index in [2.05, 4.69) is 25.7 Å². The fourth-order valence-corrected chi connectivity index (χ4v) is 7.46. The number of nitriles is 2. The van der Waals surface area contributed by atoms with E-state index in [0.717, 1.165) is 67.3 Å². The Balaban J connectivity index is 0.000000192. The van der Waals surface area contributed by atoms with E-state index in [1.807, 2.05) is 85.7 Å². The molecule has 2 fully saturated rings. The van der Waals surface area contributed by atoms with Gasteiger partial charge in [0.15, 0.2) is 11.3 Å². The number of H-pyrrole nitrogens is 2. The number of likely N-dealkylation sites (tertiary alicyclic amines) is 1. The van der Waals surface area contributed by atoms with E-state index in [9.17, 15) is 19.1 Å². The molecule has 2 aliphatic rings. The first-order chi connectivity index (χ1) is 28.9. The van der Waals surface area contributed by atoms with Crippen molar-refractivity contribution in [2.45, 2.75) is 66.7 Å². The molecule has 0 bridgehead atoms. The highest BCUT2D eigenvalue weighted by Gasteiger charge is 2.47. The highest BCUT2D eigenvalue weighted by Crippen LogP contribution is 2.38. The molecular weight excluding hydrogens is 810 g/mol. The van der Waals surface area contributed by atoms with Crippen LogP contribution in [-0.2, 0) is 11.3 Å². The van der Waals surface area contributed by atoms with Crippen LogP contribution in [0.1, 0.15) is 87.7 Å². The number of hydrogen-bond donors (Lipinski definition) is 4. The van der Waals surface area contributed by atoms with Crippen molar-refractivity contribution in [2.75, 3.05) is 26.2 Å². The molecule has 0 saturated carbocycles. The summed E-state index contributed by atoms with van der Waals surface area (Å²) in [5, 5.41) is 44.1. The molecule has 1 amide bonds. The summed E-state index contributed by atoms with van der Waals surface area (Å²) in [5.41, 5.74) is 11.6. The Morgan fingerprint density at radius 2 is 1.05 bits per heavy atom. The molecule has 0 atom stereocenters. The first-order valence-electron chi connectivity index (χ1n) is 19.8. The number of alkyl halides is 2. The van der Waals surface area contributed by atoms with Gasteiger partial charge in [0.05, 0.1) is 53.3 Å². The molecule has 4 aromatic carbocycles. The van der Waals surface area contributed by atoms with E-state index in [1.54, 1.807) is 54.6 Å². The number of nitrogens with one attached hydrogen (secondary N) is 3. The number of aryl methyl sites for hydroxylation is 6. The quantitative estimate of drug-likeness (QED) is 0.128. The van der Waals surface area contributed by atoms with Gasteiger partial charge in [-0.1, -0.05) is 36.4 Å². The lowest BCUT2D eigenvalue weighted by Gasteiger charge is -2.45.